The van der Waals surface area contributed by atoms with Gasteiger partial charge in [0.25, 0.3) is 0 Å². The van der Waals surface area contributed by atoms with Crippen molar-refractivity contribution < 1.29 is 23.1 Å². The van der Waals surface area contributed by atoms with Crippen molar-refractivity contribution in [3.63, 3.8) is 0 Å². The summed E-state index contributed by atoms with van der Waals surface area (Å²) in [7, 11) is -2.21. The predicted molar refractivity (Wildman–Crippen MR) is 140 cm³/mol. The number of methoxy groups -OCH3 is 1. The first-order valence-corrected chi connectivity index (χ1v) is 18.6. The van der Waals surface area contributed by atoms with Gasteiger partial charge in [-0.05, 0) is 67.9 Å². The monoisotopic (exact) mass is 498 g/mol. The maximum atomic E-state index is 11.7. The Balaban J connectivity index is 2.06. The summed E-state index contributed by atoms with van der Waals surface area (Å²) in [5.41, 5.74) is 0. The third-order valence-corrected chi connectivity index (χ3v) is 17.6. The predicted octanol–water partition coefficient (Wildman–Crippen LogP) is 6.70. The van der Waals surface area contributed by atoms with Crippen LogP contribution in [0.5, 0.6) is 0 Å². The molecule has 0 spiro atoms. The molecule has 2 aliphatic rings. The van der Waals surface area contributed by atoms with Gasteiger partial charge in [-0.15, -0.1) is 0 Å². The Hall–Kier alpha value is -0.476. The summed E-state index contributed by atoms with van der Waals surface area (Å²) in [4.78, 5) is 11.7. The van der Waals surface area contributed by atoms with E-state index >= 15 is 0 Å². The number of unbranched alkanes of at least 4 members (excludes halogenated alkanes) is 1. The molecule has 1 saturated heterocycles. The Kier molecular flexibility index (Phi) is 9.28. The number of epoxide rings is 1. The lowest BCUT2D eigenvalue weighted by Gasteiger charge is -2.42. The molecule has 0 amide bonds. The van der Waals surface area contributed by atoms with E-state index in [-0.39, 0.29) is 34.2 Å². The van der Waals surface area contributed by atoms with Gasteiger partial charge in [0.2, 0.25) is 0 Å². The van der Waals surface area contributed by atoms with Crippen molar-refractivity contribution >= 4 is 22.6 Å². The van der Waals surface area contributed by atoms with Gasteiger partial charge in [-0.3, -0.25) is 0 Å². The molecule has 1 heterocycles. The number of hydrogen-bond acceptors (Lipinski definition) is 5. The molecular weight excluding hydrogens is 448 g/mol. The Morgan fingerprint density at radius 2 is 1.64 bits per heavy atom. The zero-order valence-corrected chi connectivity index (χ0v) is 25.1. The molecule has 2 rings (SSSR count). The minimum absolute atomic E-state index is 0.159. The fraction of sp³-hybridized carbons (Fsp3) is 0.885. The van der Waals surface area contributed by atoms with E-state index < -0.39 is 16.6 Å². The van der Waals surface area contributed by atoms with E-state index in [2.05, 4.69) is 67.7 Å². The van der Waals surface area contributed by atoms with Gasteiger partial charge >= 0.3 is 5.97 Å². The van der Waals surface area contributed by atoms with Crippen LogP contribution in [-0.4, -0.2) is 54.6 Å². The molecule has 7 heteroatoms. The maximum Gasteiger partial charge on any atom is 0.330 e. The van der Waals surface area contributed by atoms with E-state index in [0.29, 0.717) is 12.0 Å². The second-order valence-electron chi connectivity index (χ2n) is 13.0. The molecule has 2 fully saturated rings. The van der Waals surface area contributed by atoms with Crippen molar-refractivity contribution in [1.29, 1.82) is 0 Å². The molecular formula is C26H50O5Si2. The van der Waals surface area contributed by atoms with E-state index in [9.17, 15) is 4.79 Å². The second kappa shape index (κ2) is 10.6. The molecule has 1 saturated carbocycles. The van der Waals surface area contributed by atoms with E-state index in [1.165, 1.54) is 7.11 Å². The molecule has 5 nitrogen and oxygen atoms in total. The van der Waals surface area contributed by atoms with Crippen molar-refractivity contribution in [3.05, 3.63) is 12.2 Å². The average molecular weight is 499 g/mol. The van der Waals surface area contributed by atoms with Crippen LogP contribution in [0.4, 0.5) is 0 Å². The molecule has 0 unspecified atom stereocenters. The van der Waals surface area contributed by atoms with E-state index in [0.717, 1.165) is 32.3 Å². The van der Waals surface area contributed by atoms with Crippen LogP contribution in [0, 0.1) is 11.8 Å². The highest BCUT2D eigenvalue weighted by Gasteiger charge is 2.57. The van der Waals surface area contributed by atoms with Gasteiger partial charge in [-0.2, -0.15) is 0 Å². The van der Waals surface area contributed by atoms with Crippen LogP contribution in [0.25, 0.3) is 0 Å². The minimum Gasteiger partial charge on any atom is -0.466 e. The quantitative estimate of drug-likeness (QED) is 0.104. The highest BCUT2D eigenvalue weighted by atomic mass is 28.4. The first kappa shape index (κ1) is 28.8. The Morgan fingerprint density at radius 1 is 1.03 bits per heavy atom. The molecule has 5 atom stereocenters. The van der Waals surface area contributed by atoms with Gasteiger partial charge in [-0.1, -0.05) is 47.6 Å². The van der Waals surface area contributed by atoms with Gasteiger partial charge in [0, 0.05) is 24.7 Å². The standard InChI is InChI=1S/C26H50O5Si2/c1-25(2,3)32(8,9)29-17-13-12-14-21(31-33(10,11)26(4,5)6)20-18-22-24(30-22)19(20)15-16-23(27)28-7/h15-16,19-22,24H,12-14,17-18H2,1-11H3/b16-15+/t19-,20+,21+,22+,24-/m1/s1. The molecule has 192 valence electrons. The maximum absolute atomic E-state index is 11.7. The first-order valence-electron chi connectivity index (χ1n) is 12.7. The summed E-state index contributed by atoms with van der Waals surface area (Å²) in [6.45, 7) is 23.9. The fourth-order valence-electron chi connectivity index (χ4n) is 4.17. The van der Waals surface area contributed by atoms with Crippen LogP contribution in [0.2, 0.25) is 36.3 Å². The van der Waals surface area contributed by atoms with Crippen molar-refractivity contribution in [2.24, 2.45) is 11.8 Å². The number of esters is 1. The zero-order chi connectivity index (χ0) is 25.2. The number of fused-ring (bicyclic) bond motifs is 1. The summed E-state index contributed by atoms with van der Waals surface area (Å²) in [6.07, 6.45) is 8.49. The van der Waals surface area contributed by atoms with Crippen molar-refractivity contribution in [3.8, 4) is 0 Å². The third-order valence-electron chi connectivity index (χ3n) is 8.54. The average Bonchev–Trinajstić information content (AvgIpc) is 3.34. The zero-order valence-electron chi connectivity index (χ0n) is 23.1. The highest BCUT2D eigenvalue weighted by molar-refractivity contribution is 6.74. The number of ether oxygens (including phenoxy) is 2. The van der Waals surface area contributed by atoms with Crippen LogP contribution < -0.4 is 0 Å². The Labute approximate surface area is 205 Å². The Morgan fingerprint density at radius 3 is 2.18 bits per heavy atom. The number of rotatable bonds is 11. The molecule has 0 aromatic heterocycles. The molecule has 0 radical (unpaired) electrons. The lowest BCUT2D eigenvalue weighted by Crippen LogP contribution is -2.46. The second-order valence-corrected chi connectivity index (χ2v) is 22.6. The summed E-state index contributed by atoms with van der Waals surface area (Å²) in [5, 5.41) is 0.400. The largest absolute Gasteiger partial charge is 0.466 e. The van der Waals surface area contributed by atoms with Crippen LogP contribution in [0.15, 0.2) is 12.2 Å². The number of carbonyl (C=O) groups is 1. The first-order chi connectivity index (χ1) is 15.0. The molecule has 0 aromatic carbocycles. The van der Waals surface area contributed by atoms with Crippen LogP contribution >= 0.6 is 0 Å². The van der Waals surface area contributed by atoms with Crippen molar-refractivity contribution in [1.82, 2.24) is 0 Å². The van der Waals surface area contributed by atoms with E-state index in [4.69, 9.17) is 18.3 Å². The Bertz CT molecular complexity index is 690. The van der Waals surface area contributed by atoms with Crippen molar-refractivity contribution in [2.45, 2.75) is 122 Å². The third kappa shape index (κ3) is 7.50. The van der Waals surface area contributed by atoms with E-state index in [1.807, 2.05) is 6.08 Å². The molecule has 0 bridgehead atoms. The number of carbonyl (C=O) groups excluding carboxylic acids is 1. The molecule has 1 aliphatic heterocycles. The van der Waals surface area contributed by atoms with E-state index in [1.54, 1.807) is 6.08 Å². The normalized spacial score (nSPS) is 27.0. The summed E-state index contributed by atoms with van der Waals surface area (Å²) >= 11 is 0. The number of hydrogen-bond donors (Lipinski definition) is 0. The van der Waals surface area contributed by atoms with Crippen LogP contribution in [0.1, 0.15) is 67.2 Å². The minimum atomic E-state index is -1.93. The van der Waals surface area contributed by atoms with Gasteiger partial charge in [0.1, 0.15) is 0 Å². The van der Waals surface area contributed by atoms with Gasteiger partial charge in [-0.25, -0.2) is 4.79 Å². The van der Waals surface area contributed by atoms with Crippen LogP contribution in [-0.2, 0) is 23.1 Å². The molecule has 0 N–H and O–H groups in total. The van der Waals surface area contributed by atoms with Gasteiger partial charge in [0.15, 0.2) is 16.6 Å². The smallest absolute Gasteiger partial charge is 0.330 e. The highest BCUT2D eigenvalue weighted by Crippen LogP contribution is 2.51. The van der Waals surface area contributed by atoms with Crippen molar-refractivity contribution in [2.75, 3.05) is 13.7 Å². The molecule has 0 aromatic rings. The molecule has 1 aliphatic carbocycles. The lowest BCUT2D eigenvalue weighted by molar-refractivity contribution is -0.134. The fourth-order valence-corrected chi connectivity index (χ4v) is 6.66. The molecule has 33 heavy (non-hydrogen) atoms. The SMILES string of the molecule is COC(=O)/C=C/[C@@H]1[C@@H]([C@H](CCCCO[Si](C)(C)C(C)(C)C)O[Si](C)(C)C(C)(C)C)C[C@@H]2O[C@H]12. The van der Waals surface area contributed by atoms with Crippen LogP contribution in [0.3, 0.4) is 0 Å². The summed E-state index contributed by atoms with van der Waals surface area (Å²) in [5.74, 6) is 0.292. The van der Waals surface area contributed by atoms with Gasteiger partial charge < -0.3 is 18.3 Å². The topological polar surface area (TPSA) is 57.3 Å². The van der Waals surface area contributed by atoms with Gasteiger partial charge in [0.05, 0.1) is 19.3 Å². The summed E-state index contributed by atoms with van der Waals surface area (Å²) < 4.78 is 24.1. The lowest BCUT2D eigenvalue weighted by atomic mass is 9.87. The summed E-state index contributed by atoms with van der Waals surface area (Å²) in [6, 6.07) is 0.